The second-order valence-corrected chi connectivity index (χ2v) is 13.8. The molecule has 3 fully saturated rings. The lowest BCUT2D eigenvalue weighted by Crippen LogP contribution is -2.55. The lowest BCUT2D eigenvalue weighted by molar-refractivity contribution is -0.144. The lowest BCUT2D eigenvalue weighted by Gasteiger charge is -2.47. The van der Waals surface area contributed by atoms with E-state index < -0.39 is 66.0 Å². The number of likely N-dealkylation sites (tertiary alicyclic amines) is 2. The molecule has 50 heavy (non-hydrogen) atoms. The first-order valence-electron chi connectivity index (χ1n) is 16.8. The number of aryl methyl sites for hydroxylation is 2. The predicted octanol–water partition coefficient (Wildman–Crippen LogP) is 8.52. The third kappa shape index (κ3) is 7.62. The highest BCUT2D eigenvalue weighted by Gasteiger charge is 2.53. The number of fused-ring (bicyclic) bond motifs is 1. The maximum Gasteiger partial charge on any atom is 0.416 e. The van der Waals surface area contributed by atoms with Crippen molar-refractivity contribution in [3.05, 3.63) is 94.3 Å². The zero-order chi connectivity index (χ0) is 36.0. The fourth-order valence-electron chi connectivity index (χ4n) is 8.00. The molecule has 2 aliphatic heterocycles. The van der Waals surface area contributed by atoms with Crippen LogP contribution in [-0.4, -0.2) is 59.5 Å². The van der Waals surface area contributed by atoms with Crippen molar-refractivity contribution >= 4 is 23.2 Å². The van der Waals surface area contributed by atoms with Crippen molar-refractivity contribution in [2.24, 2.45) is 11.8 Å². The highest BCUT2D eigenvalue weighted by molar-refractivity contribution is 5.98. The molecule has 0 unspecified atom stereocenters. The topological polar surface area (TPSA) is 64.7 Å². The minimum absolute atomic E-state index is 0.0343. The Balaban J connectivity index is 1.43. The van der Waals surface area contributed by atoms with Gasteiger partial charge in [0.1, 0.15) is 5.82 Å². The van der Waals surface area contributed by atoms with Gasteiger partial charge in [-0.25, -0.2) is 4.39 Å². The lowest BCUT2D eigenvalue weighted by atomic mass is 9.76. The smallest absolute Gasteiger partial charge is 0.382 e. The van der Waals surface area contributed by atoms with E-state index >= 15 is 4.39 Å². The van der Waals surface area contributed by atoms with Gasteiger partial charge in [-0.15, -0.1) is 0 Å². The Kier molecular flexibility index (Phi) is 9.91. The van der Waals surface area contributed by atoms with Gasteiger partial charge < -0.3 is 15.5 Å². The van der Waals surface area contributed by atoms with E-state index in [4.69, 9.17) is 0 Å². The van der Waals surface area contributed by atoms with E-state index in [0.717, 1.165) is 43.5 Å². The number of carbonyl (C=O) groups is 2. The second-order valence-electron chi connectivity index (χ2n) is 13.8. The molecule has 3 aliphatic rings. The van der Waals surface area contributed by atoms with Crippen LogP contribution < -0.4 is 10.6 Å². The molecular weight excluding hydrogens is 665 g/mol. The molecule has 0 bridgehead atoms. The van der Waals surface area contributed by atoms with Crippen LogP contribution in [0.3, 0.4) is 0 Å². The van der Waals surface area contributed by atoms with E-state index in [2.05, 4.69) is 10.6 Å². The van der Waals surface area contributed by atoms with Gasteiger partial charge in [-0.1, -0.05) is 43.2 Å². The van der Waals surface area contributed by atoms with E-state index in [0.29, 0.717) is 17.2 Å². The average molecular weight is 705 g/mol. The minimum Gasteiger partial charge on any atom is -0.382 e. The summed E-state index contributed by atoms with van der Waals surface area (Å²) in [6.45, 7) is 1.40. The van der Waals surface area contributed by atoms with Crippen molar-refractivity contribution in [3.63, 3.8) is 0 Å². The summed E-state index contributed by atoms with van der Waals surface area (Å²) in [4.78, 5) is 31.3. The molecule has 268 valence electrons. The van der Waals surface area contributed by atoms with Crippen molar-refractivity contribution in [3.8, 4) is 0 Å². The van der Waals surface area contributed by atoms with Gasteiger partial charge in [0.05, 0.1) is 29.6 Å². The van der Waals surface area contributed by atoms with Crippen LogP contribution in [0.1, 0.15) is 70.8 Å². The quantitative estimate of drug-likeness (QED) is 0.242. The fraction of sp³-hybridized carbons (Fsp3) is 0.459. The first-order chi connectivity index (χ1) is 23.6. The first kappa shape index (κ1) is 35.7. The number of nitrogens with one attached hydrogen (secondary N) is 2. The van der Waals surface area contributed by atoms with Crippen LogP contribution in [0.5, 0.6) is 0 Å². The molecule has 6 rings (SSSR count). The molecule has 13 heteroatoms. The summed E-state index contributed by atoms with van der Waals surface area (Å²) < 4.78 is 97.5. The Labute approximate surface area is 286 Å². The van der Waals surface area contributed by atoms with Crippen molar-refractivity contribution in [2.45, 2.75) is 76.4 Å². The van der Waals surface area contributed by atoms with E-state index in [9.17, 15) is 35.9 Å². The number of rotatable bonds is 7. The number of hydrogen-bond donors (Lipinski definition) is 2. The molecule has 4 atom stereocenters. The molecule has 3 aromatic carbocycles. The minimum atomic E-state index is -4.67. The molecule has 2 saturated heterocycles. The molecular formula is C37H39F7N4O2. The van der Waals surface area contributed by atoms with E-state index in [1.54, 1.807) is 25.1 Å². The Morgan fingerprint density at radius 1 is 0.860 bits per heavy atom. The Morgan fingerprint density at radius 2 is 1.54 bits per heavy atom. The number of hydrogen-bond acceptors (Lipinski definition) is 4. The number of carbonyl (C=O) groups excluding carboxylic acids is 2. The van der Waals surface area contributed by atoms with Gasteiger partial charge >= 0.3 is 12.4 Å². The zero-order valence-corrected chi connectivity index (χ0v) is 27.7. The van der Waals surface area contributed by atoms with E-state index in [1.807, 2.05) is 12.1 Å². The molecule has 0 aromatic heterocycles. The van der Waals surface area contributed by atoms with Crippen LogP contribution in [0.4, 0.5) is 42.1 Å². The average Bonchev–Trinajstić information content (AvgIpc) is 3.69. The SMILES string of the molecule is Cc1ccc(NC(=O)[C@H]2C[C@H]3CN(CC(F)(F)F)C[C@H]3N(C(=O)c3c(C)cccc3F)[C@H]2c2ccc(NC3CCCC3)cc2)cc1C(F)(F)F. The molecule has 2 N–H and O–H groups in total. The first-order valence-corrected chi connectivity index (χ1v) is 16.8. The highest BCUT2D eigenvalue weighted by Crippen LogP contribution is 2.47. The van der Waals surface area contributed by atoms with Crippen LogP contribution in [0, 0.1) is 31.5 Å². The van der Waals surface area contributed by atoms with Crippen LogP contribution in [-0.2, 0) is 11.0 Å². The second kappa shape index (κ2) is 13.9. The Hall–Kier alpha value is -4.13. The standard InChI is InChI=1S/C37H39F7N4O2/c1-21-10-13-27(17-29(21)37(42,43)44)46-34(49)28-16-24-18-47(20-36(39,40)41)19-31(24)48(35(50)32-22(2)6-5-9-30(32)38)33(28)23-11-14-26(15-12-23)45-25-7-3-4-8-25/h5-6,9-15,17,24-25,28,31,33,45H,3-4,7-8,16,18-20H2,1-2H3,(H,46,49)/t24-,28-,31+,33-/m0/s1. The number of amides is 2. The van der Waals surface area contributed by atoms with Gasteiger partial charge in [0.2, 0.25) is 5.91 Å². The summed E-state index contributed by atoms with van der Waals surface area (Å²) >= 11 is 0. The highest BCUT2D eigenvalue weighted by atomic mass is 19.4. The molecule has 2 amide bonds. The molecule has 3 aromatic rings. The predicted molar refractivity (Wildman–Crippen MR) is 175 cm³/mol. The fourth-order valence-corrected chi connectivity index (χ4v) is 8.00. The summed E-state index contributed by atoms with van der Waals surface area (Å²) in [5.41, 5.74) is 0.306. The molecule has 0 spiro atoms. The van der Waals surface area contributed by atoms with Gasteiger partial charge in [0.15, 0.2) is 0 Å². The summed E-state index contributed by atoms with van der Waals surface area (Å²) in [6.07, 6.45) is -4.89. The van der Waals surface area contributed by atoms with Crippen LogP contribution in [0.15, 0.2) is 60.7 Å². The third-order valence-electron chi connectivity index (χ3n) is 10.3. The number of alkyl halides is 6. The van der Waals surface area contributed by atoms with Gasteiger partial charge in [0.25, 0.3) is 5.91 Å². The number of anilines is 2. The summed E-state index contributed by atoms with van der Waals surface area (Å²) in [5.74, 6) is -3.97. The summed E-state index contributed by atoms with van der Waals surface area (Å²) in [6, 6.07) is 13.1. The van der Waals surface area contributed by atoms with Gasteiger partial charge in [-0.2, -0.15) is 26.3 Å². The Morgan fingerprint density at radius 3 is 2.18 bits per heavy atom. The third-order valence-corrected chi connectivity index (χ3v) is 10.3. The zero-order valence-electron chi connectivity index (χ0n) is 27.7. The molecule has 0 radical (unpaired) electrons. The molecule has 6 nitrogen and oxygen atoms in total. The van der Waals surface area contributed by atoms with Crippen molar-refractivity contribution in [1.29, 1.82) is 0 Å². The molecule has 2 heterocycles. The normalized spacial score (nSPS) is 23.2. The Bertz CT molecular complexity index is 1700. The number of benzene rings is 3. The van der Waals surface area contributed by atoms with Crippen molar-refractivity contribution in [2.75, 3.05) is 30.3 Å². The maximum absolute atomic E-state index is 15.4. The van der Waals surface area contributed by atoms with Crippen LogP contribution in [0.2, 0.25) is 0 Å². The number of piperidine rings is 1. The van der Waals surface area contributed by atoms with Crippen molar-refractivity contribution in [1.82, 2.24) is 9.80 Å². The van der Waals surface area contributed by atoms with Crippen LogP contribution in [0.25, 0.3) is 0 Å². The molecule has 1 saturated carbocycles. The van der Waals surface area contributed by atoms with Gasteiger partial charge in [-0.05, 0) is 86.1 Å². The molecule has 1 aliphatic carbocycles. The summed E-state index contributed by atoms with van der Waals surface area (Å²) in [5, 5.41) is 6.09. The monoisotopic (exact) mass is 704 g/mol. The van der Waals surface area contributed by atoms with Gasteiger partial charge in [0, 0.05) is 36.5 Å². The van der Waals surface area contributed by atoms with E-state index in [-0.39, 0.29) is 36.3 Å². The largest absolute Gasteiger partial charge is 0.416 e. The number of nitrogens with zero attached hydrogens (tertiary/aromatic N) is 2. The summed E-state index contributed by atoms with van der Waals surface area (Å²) in [7, 11) is 0. The maximum atomic E-state index is 15.4. The van der Waals surface area contributed by atoms with E-state index in [1.165, 1.54) is 34.9 Å². The van der Waals surface area contributed by atoms with Crippen LogP contribution >= 0.6 is 0 Å². The number of halogens is 7. The van der Waals surface area contributed by atoms with Gasteiger partial charge in [-0.3, -0.25) is 14.5 Å². The van der Waals surface area contributed by atoms with Crippen molar-refractivity contribution < 1.29 is 40.3 Å².